The fourth-order valence-electron chi connectivity index (χ4n) is 2.92. The molecule has 1 aliphatic heterocycles. The maximum Gasteiger partial charge on any atom is 0.252 e. The number of thiophene rings is 1. The van der Waals surface area contributed by atoms with E-state index in [0.29, 0.717) is 29.6 Å². The highest BCUT2D eigenvalue weighted by Gasteiger charge is 2.28. The lowest BCUT2D eigenvalue weighted by molar-refractivity contribution is -0.115. The van der Waals surface area contributed by atoms with Gasteiger partial charge in [0, 0.05) is 30.8 Å². The third-order valence-electron chi connectivity index (χ3n) is 4.15. The highest BCUT2D eigenvalue weighted by atomic mass is 32.2. The molecule has 1 saturated heterocycles. The molecule has 0 aliphatic carbocycles. The fraction of sp³-hybridized carbons (Fsp3) is 0.389. The van der Waals surface area contributed by atoms with E-state index in [1.807, 2.05) is 24.3 Å². The third kappa shape index (κ3) is 4.50. The van der Waals surface area contributed by atoms with Crippen molar-refractivity contribution in [3.05, 3.63) is 46.8 Å². The van der Waals surface area contributed by atoms with E-state index in [-0.39, 0.29) is 12.3 Å². The normalized spacial score (nSPS) is 15.3. The number of hydrogen-bond acceptors (Lipinski definition) is 5. The Hall–Kier alpha value is -1.74. The van der Waals surface area contributed by atoms with Crippen LogP contribution in [0.15, 0.2) is 40.6 Å². The molecule has 1 N–H and O–H groups in total. The molecule has 0 bridgehead atoms. The molecule has 1 aromatic carbocycles. The number of methoxy groups -OCH3 is 1. The standard InChI is InChI=1S/C18H22N2O4S2/c1-24-13-14-5-4-6-15(11-14)19-17(21)12-16-7-8-18(25-16)26(22,23)20-9-2-3-10-20/h4-8,11H,2-3,9-10,12-13H2,1H3,(H,19,21). The number of nitrogens with one attached hydrogen (secondary N) is 1. The van der Waals surface area contributed by atoms with Crippen LogP contribution < -0.4 is 5.32 Å². The van der Waals surface area contributed by atoms with Crippen molar-refractivity contribution in [3.8, 4) is 0 Å². The molecule has 1 fully saturated rings. The second kappa shape index (κ2) is 8.30. The number of rotatable bonds is 7. The Morgan fingerprint density at radius 3 is 2.73 bits per heavy atom. The Morgan fingerprint density at radius 2 is 2.00 bits per heavy atom. The van der Waals surface area contributed by atoms with Gasteiger partial charge in [-0.2, -0.15) is 4.31 Å². The number of hydrogen-bond donors (Lipinski definition) is 1. The van der Waals surface area contributed by atoms with Crippen LogP contribution in [0.2, 0.25) is 0 Å². The predicted molar refractivity (Wildman–Crippen MR) is 102 cm³/mol. The van der Waals surface area contributed by atoms with E-state index in [1.165, 1.54) is 15.6 Å². The zero-order valence-corrected chi connectivity index (χ0v) is 16.2. The van der Waals surface area contributed by atoms with E-state index in [1.54, 1.807) is 19.2 Å². The van der Waals surface area contributed by atoms with Crippen LogP contribution >= 0.6 is 11.3 Å². The van der Waals surface area contributed by atoms with Crippen molar-refractivity contribution in [2.24, 2.45) is 0 Å². The Morgan fingerprint density at radius 1 is 1.23 bits per heavy atom. The number of sulfonamides is 1. The van der Waals surface area contributed by atoms with Gasteiger partial charge < -0.3 is 10.1 Å². The highest BCUT2D eigenvalue weighted by molar-refractivity contribution is 7.91. The number of nitrogens with zero attached hydrogens (tertiary/aromatic N) is 1. The molecule has 0 spiro atoms. The van der Waals surface area contributed by atoms with E-state index in [0.717, 1.165) is 23.3 Å². The second-order valence-electron chi connectivity index (χ2n) is 6.19. The van der Waals surface area contributed by atoms with Crippen LogP contribution in [0.1, 0.15) is 23.3 Å². The van der Waals surface area contributed by atoms with Crippen LogP contribution in [0.4, 0.5) is 5.69 Å². The lowest BCUT2D eigenvalue weighted by Gasteiger charge is -2.13. The molecule has 6 nitrogen and oxygen atoms in total. The first-order valence-corrected chi connectivity index (χ1v) is 10.7. The van der Waals surface area contributed by atoms with Gasteiger partial charge in [0.05, 0.1) is 13.0 Å². The van der Waals surface area contributed by atoms with Crippen LogP contribution in [0.25, 0.3) is 0 Å². The van der Waals surface area contributed by atoms with Crippen molar-refractivity contribution in [2.45, 2.75) is 30.1 Å². The van der Waals surface area contributed by atoms with E-state index in [4.69, 9.17) is 4.74 Å². The molecule has 2 heterocycles. The molecule has 1 amide bonds. The van der Waals surface area contributed by atoms with E-state index < -0.39 is 10.0 Å². The maximum absolute atomic E-state index is 12.5. The molecule has 0 saturated carbocycles. The monoisotopic (exact) mass is 394 g/mol. The van der Waals surface area contributed by atoms with Gasteiger partial charge in [-0.05, 0) is 42.7 Å². The maximum atomic E-state index is 12.5. The van der Waals surface area contributed by atoms with Crippen molar-refractivity contribution in [1.29, 1.82) is 0 Å². The number of benzene rings is 1. The summed E-state index contributed by atoms with van der Waals surface area (Å²) in [7, 11) is -1.80. The van der Waals surface area contributed by atoms with Gasteiger partial charge >= 0.3 is 0 Å². The minimum Gasteiger partial charge on any atom is -0.380 e. The van der Waals surface area contributed by atoms with Crippen LogP contribution in [0, 0.1) is 0 Å². The lowest BCUT2D eigenvalue weighted by Crippen LogP contribution is -2.27. The smallest absolute Gasteiger partial charge is 0.252 e. The summed E-state index contributed by atoms with van der Waals surface area (Å²) >= 11 is 1.17. The average molecular weight is 395 g/mol. The summed E-state index contributed by atoms with van der Waals surface area (Å²) in [6.45, 7) is 1.63. The lowest BCUT2D eigenvalue weighted by atomic mass is 10.2. The molecule has 140 valence electrons. The van der Waals surface area contributed by atoms with Crippen LogP contribution in [0.3, 0.4) is 0 Å². The molecular formula is C18H22N2O4S2. The minimum atomic E-state index is -3.42. The van der Waals surface area contributed by atoms with Crippen LogP contribution in [-0.2, 0) is 32.6 Å². The van der Waals surface area contributed by atoms with Gasteiger partial charge in [0.15, 0.2) is 0 Å². The van der Waals surface area contributed by atoms with Gasteiger partial charge in [-0.1, -0.05) is 12.1 Å². The van der Waals surface area contributed by atoms with E-state index in [9.17, 15) is 13.2 Å². The zero-order valence-electron chi connectivity index (χ0n) is 14.6. The molecule has 0 unspecified atom stereocenters. The Kier molecular flexibility index (Phi) is 6.08. The highest BCUT2D eigenvalue weighted by Crippen LogP contribution is 2.27. The molecule has 0 atom stereocenters. The first-order chi connectivity index (χ1) is 12.5. The first-order valence-electron chi connectivity index (χ1n) is 8.45. The summed E-state index contributed by atoms with van der Waals surface area (Å²) in [5, 5.41) is 2.84. The quantitative estimate of drug-likeness (QED) is 0.783. The van der Waals surface area contributed by atoms with Crippen molar-refractivity contribution in [1.82, 2.24) is 4.31 Å². The Bertz CT molecular complexity index is 871. The van der Waals surface area contributed by atoms with Gasteiger partial charge in [-0.15, -0.1) is 11.3 Å². The zero-order chi connectivity index (χ0) is 18.6. The largest absolute Gasteiger partial charge is 0.380 e. The number of amides is 1. The Balaban J connectivity index is 1.63. The summed E-state index contributed by atoms with van der Waals surface area (Å²) in [5.74, 6) is -0.175. The molecular weight excluding hydrogens is 372 g/mol. The fourth-order valence-corrected chi connectivity index (χ4v) is 5.94. The van der Waals surface area contributed by atoms with Crippen LogP contribution in [0.5, 0.6) is 0 Å². The van der Waals surface area contributed by atoms with Crippen LogP contribution in [-0.4, -0.2) is 38.8 Å². The second-order valence-corrected chi connectivity index (χ2v) is 9.52. The van der Waals surface area contributed by atoms with Crippen molar-refractivity contribution >= 4 is 33.0 Å². The van der Waals surface area contributed by atoms with Gasteiger partial charge in [0.25, 0.3) is 10.0 Å². The molecule has 26 heavy (non-hydrogen) atoms. The van der Waals surface area contributed by atoms with Crippen molar-refractivity contribution < 1.29 is 17.9 Å². The summed E-state index contributed by atoms with van der Waals surface area (Å²) in [5.41, 5.74) is 1.67. The van der Waals surface area contributed by atoms with Crippen molar-refractivity contribution in [2.75, 3.05) is 25.5 Å². The summed E-state index contributed by atoms with van der Waals surface area (Å²) in [6.07, 6.45) is 1.96. The van der Waals surface area contributed by atoms with Gasteiger partial charge in [-0.3, -0.25) is 4.79 Å². The average Bonchev–Trinajstić information content (AvgIpc) is 3.27. The SMILES string of the molecule is COCc1cccc(NC(=O)Cc2ccc(S(=O)(=O)N3CCCC3)s2)c1. The minimum absolute atomic E-state index is 0.148. The third-order valence-corrected chi connectivity index (χ3v) is 7.60. The summed E-state index contributed by atoms with van der Waals surface area (Å²) in [6, 6.07) is 10.8. The first kappa shape index (κ1) is 19.0. The summed E-state index contributed by atoms with van der Waals surface area (Å²) < 4.78 is 32.0. The van der Waals surface area contributed by atoms with Gasteiger partial charge in [-0.25, -0.2) is 8.42 Å². The molecule has 2 aromatic rings. The number of anilines is 1. The predicted octanol–water partition coefficient (Wildman–Crippen LogP) is 2.86. The topological polar surface area (TPSA) is 75.7 Å². The summed E-state index contributed by atoms with van der Waals surface area (Å²) in [4.78, 5) is 13.0. The van der Waals surface area contributed by atoms with Crippen molar-refractivity contribution in [3.63, 3.8) is 0 Å². The van der Waals surface area contributed by atoms with E-state index >= 15 is 0 Å². The molecule has 1 aromatic heterocycles. The molecule has 0 radical (unpaired) electrons. The van der Waals surface area contributed by atoms with E-state index in [2.05, 4.69) is 5.32 Å². The molecule has 8 heteroatoms. The van der Waals surface area contributed by atoms with Gasteiger partial charge in [0.1, 0.15) is 4.21 Å². The Labute approximate surface area is 157 Å². The number of carbonyl (C=O) groups is 1. The molecule has 1 aliphatic rings. The molecule has 3 rings (SSSR count). The number of ether oxygens (including phenoxy) is 1. The van der Waals surface area contributed by atoms with Gasteiger partial charge in [0.2, 0.25) is 5.91 Å². The number of carbonyl (C=O) groups excluding carboxylic acids is 1.